The lowest BCUT2D eigenvalue weighted by Crippen LogP contribution is -2.38. The molecule has 1 aromatic carbocycles. The van der Waals surface area contributed by atoms with Crippen molar-refractivity contribution in [3.8, 4) is 0 Å². The Morgan fingerprint density at radius 1 is 1.11 bits per heavy atom. The van der Waals surface area contributed by atoms with Gasteiger partial charge in [-0.3, -0.25) is 4.68 Å². The molecule has 0 bridgehead atoms. The number of nitrogens with zero attached hydrogens (tertiary/aromatic N) is 3. The van der Waals surface area contributed by atoms with Crippen molar-refractivity contribution in [1.29, 1.82) is 0 Å². The first kappa shape index (κ1) is 21.0. The third-order valence-corrected chi connectivity index (χ3v) is 4.20. The first-order chi connectivity index (χ1) is 13.1. The molecule has 0 atom stereocenters. The van der Waals surface area contributed by atoms with E-state index in [1.54, 1.807) is 0 Å². The fraction of sp³-hybridized carbons (Fsp3) is 0.524. The van der Waals surface area contributed by atoms with Crippen molar-refractivity contribution in [2.24, 2.45) is 4.99 Å². The van der Waals surface area contributed by atoms with Crippen molar-refractivity contribution >= 4 is 5.96 Å². The fourth-order valence-corrected chi connectivity index (χ4v) is 2.81. The predicted molar refractivity (Wildman–Crippen MR) is 111 cm³/mol. The van der Waals surface area contributed by atoms with Crippen LogP contribution in [-0.4, -0.2) is 35.4 Å². The molecular weight excluding hydrogens is 338 g/mol. The number of hydrogen-bond acceptors (Lipinski definition) is 3. The molecule has 0 spiro atoms. The summed E-state index contributed by atoms with van der Waals surface area (Å²) in [6.07, 6.45) is 0.999. The van der Waals surface area contributed by atoms with Gasteiger partial charge in [-0.15, -0.1) is 0 Å². The Labute approximate surface area is 163 Å². The van der Waals surface area contributed by atoms with E-state index in [0.29, 0.717) is 13.2 Å². The van der Waals surface area contributed by atoms with Crippen molar-refractivity contribution in [1.82, 2.24) is 20.4 Å². The Kier molecular flexibility index (Phi) is 8.84. The summed E-state index contributed by atoms with van der Waals surface area (Å²) in [5.74, 6) is 0.851. The minimum absolute atomic E-state index is 0.654. The van der Waals surface area contributed by atoms with Gasteiger partial charge in [0, 0.05) is 31.9 Å². The van der Waals surface area contributed by atoms with Crippen LogP contribution in [0.5, 0.6) is 0 Å². The maximum absolute atomic E-state index is 5.43. The van der Waals surface area contributed by atoms with Gasteiger partial charge in [-0.25, -0.2) is 4.99 Å². The minimum atomic E-state index is 0.654. The van der Waals surface area contributed by atoms with Gasteiger partial charge < -0.3 is 15.4 Å². The number of rotatable bonds is 10. The number of ether oxygens (including phenoxy) is 1. The highest BCUT2D eigenvalue weighted by atomic mass is 16.5. The molecule has 0 saturated heterocycles. The van der Waals surface area contributed by atoms with Gasteiger partial charge in [0.25, 0.3) is 0 Å². The van der Waals surface area contributed by atoms with Gasteiger partial charge in [0.2, 0.25) is 0 Å². The quantitative estimate of drug-likeness (QED) is 0.382. The van der Waals surface area contributed by atoms with Crippen LogP contribution >= 0.6 is 0 Å². The van der Waals surface area contributed by atoms with Crippen LogP contribution in [-0.2, 0) is 24.4 Å². The molecule has 6 nitrogen and oxygen atoms in total. The summed E-state index contributed by atoms with van der Waals surface area (Å²) in [5, 5.41) is 11.2. The third-order valence-electron chi connectivity index (χ3n) is 4.20. The largest absolute Gasteiger partial charge is 0.377 e. The van der Waals surface area contributed by atoms with Crippen LogP contribution in [0.15, 0.2) is 35.3 Å². The number of aryl methyl sites for hydroxylation is 3. The van der Waals surface area contributed by atoms with E-state index in [-0.39, 0.29) is 0 Å². The van der Waals surface area contributed by atoms with E-state index in [1.807, 2.05) is 13.8 Å². The molecule has 2 aromatic rings. The molecule has 2 N–H and O–H groups in total. The first-order valence-electron chi connectivity index (χ1n) is 9.81. The van der Waals surface area contributed by atoms with Crippen molar-refractivity contribution < 1.29 is 4.74 Å². The number of aromatic nitrogens is 2. The summed E-state index contributed by atoms with van der Waals surface area (Å²) in [5.41, 5.74) is 4.66. The van der Waals surface area contributed by atoms with Gasteiger partial charge >= 0.3 is 0 Å². The second kappa shape index (κ2) is 11.4. The molecule has 1 aromatic heterocycles. The Morgan fingerprint density at radius 3 is 2.48 bits per heavy atom. The van der Waals surface area contributed by atoms with Crippen LogP contribution in [0.2, 0.25) is 0 Å². The van der Waals surface area contributed by atoms with Crippen LogP contribution in [0.25, 0.3) is 0 Å². The maximum Gasteiger partial charge on any atom is 0.191 e. The monoisotopic (exact) mass is 371 g/mol. The summed E-state index contributed by atoms with van der Waals surface area (Å²) < 4.78 is 7.49. The highest BCUT2D eigenvalue weighted by molar-refractivity contribution is 5.79. The Bertz CT molecular complexity index is 706. The van der Waals surface area contributed by atoms with Crippen LogP contribution in [0.4, 0.5) is 0 Å². The lowest BCUT2D eigenvalue weighted by Gasteiger charge is -2.12. The summed E-state index contributed by atoms with van der Waals surface area (Å²) in [6, 6.07) is 10.6. The summed E-state index contributed by atoms with van der Waals surface area (Å²) in [7, 11) is 0. The van der Waals surface area contributed by atoms with Crippen LogP contribution < -0.4 is 10.6 Å². The highest BCUT2D eigenvalue weighted by Gasteiger charge is 2.02. The van der Waals surface area contributed by atoms with E-state index in [2.05, 4.69) is 69.6 Å². The summed E-state index contributed by atoms with van der Waals surface area (Å²) >= 11 is 0. The normalized spacial score (nSPS) is 11.6. The molecule has 1 heterocycles. The molecule has 0 saturated carbocycles. The summed E-state index contributed by atoms with van der Waals surface area (Å²) in [6.45, 7) is 12.9. The van der Waals surface area contributed by atoms with Crippen molar-refractivity contribution in [3.63, 3.8) is 0 Å². The third kappa shape index (κ3) is 7.43. The fourth-order valence-electron chi connectivity index (χ4n) is 2.81. The SMILES string of the molecule is CCNC(=NCc1ccc(COCC)cc1)NCCCn1nc(C)cc1C. The van der Waals surface area contributed by atoms with E-state index in [1.165, 1.54) is 16.8 Å². The molecule has 0 amide bonds. The standard InChI is InChI=1S/C21H33N5O/c1-5-22-21(23-12-7-13-26-18(4)14-17(3)25-26)24-15-19-8-10-20(11-9-19)16-27-6-2/h8-11,14H,5-7,12-13,15-16H2,1-4H3,(H2,22,23,24). The molecule has 0 aliphatic heterocycles. The van der Waals surface area contributed by atoms with Gasteiger partial charge in [0.15, 0.2) is 5.96 Å². The van der Waals surface area contributed by atoms with Crippen molar-refractivity contribution in [2.75, 3.05) is 19.7 Å². The molecule has 0 aliphatic carbocycles. The van der Waals surface area contributed by atoms with E-state index in [9.17, 15) is 0 Å². The van der Waals surface area contributed by atoms with Gasteiger partial charge in [-0.2, -0.15) is 5.10 Å². The minimum Gasteiger partial charge on any atom is -0.377 e. The molecule has 0 aliphatic rings. The molecule has 0 radical (unpaired) electrons. The highest BCUT2D eigenvalue weighted by Crippen LogP contribution is 2.07. The Morgan fingerprint density at radius 2 is 1.85 bits per heavy atom. The molecule has 0 unspecified atom stereocenters. The topological polar surface area (TPSA) is 63.5 Å². The van der Waals surface area contributed by atoms with Gasteiger partial charge in [0.1, 0.15) is 0 Å². The lowest BCUT2D eigenvalue weighted by atomic mass is 10.1. The number of aliphatic imine (C=N–C) groups is 1. The van der Waals surface area contributed by atoms with Gasteiger partial charge in [0.05, 0.1) is 18.8 Å². The van der Waals surface area contributed by atoms with E-state index in [0.717, 1.165) is 44.3 Å². The number of nitrogens with one attached hydrogen (secondary N) is 2. The van der Waals surface area contributed by atoms with E-state index < -0.39 is 0 Å². The molecule has 2 rings (SSSR count). The van der Waals surface area contributed by atoms with E-state index in [4.69, 9.17) is 4.74 Å². The van der Waals surface area contributed by atoms with Crippen LogP contribution in [0.1, 0.15) is 42.8 Å². The van der Waals surface area contributed by atoms with Crippen molar-refractivity contribution in [3.05, 3.63) is 52.8 Å². The Hall–Kier alpha value is -2.34. The summed E-state index contributed by atoms with van der Waals surface area (Å²) in [4.78, 5) is 4.68. The molecule has 0 fully saturated rings. The van der Waals surface area contributed by atoms with Crippen LogP contribution in [0, 0.1) is 13.8 Å². The van der Waals surface area contributed by atoms with Gasteiger partial charge in [-0.05, 0) is 51.3 Å². The average Bonchev–Trinajstić information content (AvgIpc) is 2.99. The zero-order valence-corrected chi connectivity index (χ0v) is 17.1. The number of benzene rings is 1. The smallest absolute Gasteiger partial charge is 0.191 e. The van der Waals surface area contributed by atoms with Gasteiger partial charge in [-0.1, -0.05) is 24.3 Å². The van der Waals surface area contributed by atoms with Crippen molar-refractivity contribution in [2.45, 2.75) is 53.8 Å². The second-order valence-corrected chi connectivity index (χ2v) is 6.58. The molecular formula is C21H33N5O. The average molecular weight is 372 g/mol. The molecule has 148 valence electrons. The lowest BCUT2D eigenvalue weighted by molar-refractivity contribution is 0.134. The second-order valence-electron chi connectivity index (χ2n) is 6.58. The molecule has 6 heteroatoms. The van der Waals surface area contributed by atoms with E-state index >= 15 is 0 Å². The van der Waals surface area contributed by atoms with Crippen LogP contribution in [0.3, 0.4) is 0 Å². The zero-order chi connectivity index (χ0) is 19.5. The maximum atomic E-state index is 5.43. The number of guanidine groups is 1. The predicted octanol–water partition coefficient (Wildman–Crippen LogP) is 3.18. The zero-order valence-electron chi connectivity index (χ0n) is 17.1. The number of hydrogen-bond donors (Lipinski definition) is 2. The molecule has 27 heavy (non-hydrogen) atoms. The first-order valence-corrected chi connectivity index (χ1v) is 9.81. The Balaban J connectivity index is 1.80.